The van der Waals surface area contributed by atoms with Crippen LogP contribution in [0.25, 0.3) is 0 Å². The fourth-order valence-electron chi connectivity index (χ4n) is 2.31. The van der Waals surface area contributed by atoms with E-state index < -0.39 is 0 Å². The molecule has 0 aliphatic carbocycles. The smallest absolute Gasteiger partial charge is 0.219 e. The Labute approximate surface area is 99.6 Å². The minimum absolute atomic E-state index is 0.221. The van der Waals surface area contributed by atoms with Crippen LogP contribution in [0.3, 0.4) is 0 Å². The highest BCUT2D eigenvalue weighted by Gasteiger charge is 2.20. The third-order valence-electron chi connectivity index (χ3n) is 3.79. The van der Waals surface area contributed by atoms with Gasteiger partial charge < -0.3 is 10.2 Å². The summed E-state index contributed by atoms with van der Waals surface area (Å²) in [5.74, 6) is 1.03. The number of amides is 1. The fourth-order valence-corrected chi connectivity index (χ4v) is 2.31. The summed E-state index contributed by atoms with van der Waals surface area (Å²) < 4.78 is 0. The van der Waals surface area contributed by atoms with Crippen LogP contribution in [-0.2, 0) is 4.79 Å². The molecule has 0 spiro atoms. The first kappa shape index (κ1) is 13.5. The van der Waals surface area contributed by atoms with Crippen LogP contribution in [0, 0.1) is 5.92 Å². The van der Waals surface area contributed by atoms with Gasteiger partial charge in [0.05, 0.1) is 0 Å². The van der Waals surface area contributed by atoms with Gasteiger partial charge >= 0.3 is 0 Å². The van der Waals surface area contributed by atoms with Crippen molar-refractivity contribution >= 4 is 5.91 Å². The average Bonchev–Trinajstić information content (AvgIpc) is 2.31. The van der Waals surface area contributed by atoms with E-state index in [0.717, 1.165) is 38.4 Å². The Morgan fingerprint density at radius 3 is 2.31 bits per heavy atom. The van der Waals surface area contributed by atoms with Crippen LogP contribution in [0.5, 0.6) is 0 Å². The van der Waals surface area contributed by atoms with Gasteiger partial charge in [-0.15, -0.1) is 0 Å². The summed E-state index contributed by atoms with van der Waals surface area (Å²) in [5, 5.41) is 3.65. The van der Waals surface area contributed by atoms with Gasteiger partial charge in [0.15, 0.2) is 0 Å². The summed E-state index contributed by atoms with van der Waals surface area (Å²) in [6.07, 6.45) is 4.74. The van der Waals surface area contributed by atoms with E-state index in [4.69, 9.17) is 0 Å². The van der Waals surface area contributed by atoms with Gasteiger partial charge in [0, 0.05) is 26.1 Å². The molecule has 16 heavy (non-hydrogen) atoms. The predicted molar refractivity (Wildman–Crippen MR) is 67.4 cm³/mol. The highest BCUT2D eigenvalue weighted by Crippen LogP contribution is 2.12. The van der Waals surface area contributed by atoms with Crippen molar-refractivity contribution in [3.8, 4) is 0 Å². The molecule has 3 nitrogen and oxygen atoms in total. The molecule has 1 fully saturated rings. The molecule has 3 heteroatoms. The normalized spacial score (nSPS) is 18.1. The molecular formula is C13H26N2O. The lowest BCUT2D eigenvalue weighted by molar-refractivity contribution is -0.129. The SMILES string of the molecule is CCC(CC)CNC1CCN(C(C)=O)CC1. The molecule has 1 N–H and O–H groups in total. The number of nitrogens with one attached hydrogen (secondary N) is 1. The Morgan fingerprint density at radius 2 is 1.88 bits per heavy atom. The van der Waals surface area contributed by atoms with Gasteiger partial charge in [0.2, 0.25) is 5.91 Å². The Kier molecular flexibility index (Phi) is 5.81. The number of carbonyl (C=O) groups is 1. The highest BCUT2D eigenvalue weighted by molar-refractivity contribution is 5.73. The molecule has 0 aromatic carbocycles. The van der Waals surface area contributed by atoms with Gasteiger partial charge in [-0.05, 0) is 25.3 Å². The van der Waals surface area contributed by atoms with Gasteiger partial charge in [0.25, 0.3) is 0 Å². The molecule has 0 aromatic heterocycles. The predicted octanol–water partition coefficient (Wildman–Crippen LogP) is 2.02. The topological polar surface area (TPSA) is 32.3 Å². The Hall–Kier alpha value is -0.570. The van der Waals surface area contributed by atoms with Crippen molar-refractivity contribution in [2.45, 2.75) is 52.5 Å². The van der Waals surface area contributed by atoms with Crippen molar-refractivity contribution in [2.75, 3.05) is 19.6 Å². The van der Waals surface area contributed by atoms with Crippen LogP contribution in [0.1, 0.15) is 46.5 Å². The van der Waals surface area contributed by atoms with Crippen LogP contribution < -0.4 is 5.32 Å². The number of piperidine rings is 1. The monoisotopic (exact) mass is 226 g/mol. The first-order chi connectivity index (χ1) is 7.67. The number of rotatable bonds is 5. The lowest BCUT2D eigenvalue weighted by atomic mass is 10.0. The molecule has 1 aliphatic heterocycles. The van der Waals surface area contributed by atoms with Crippen molar-refractivity contribution < 1.29 is 4.79 Å². The molecule has 0 aromatic rings. The zero-order chi connectivity index (χ0) is 12.0. The highest BCUT2D eigenvalue weighted by atomic mass is 16.2. The molecule has 1 heterocycles. The molecule has 1 saturated heterocycles. The molecule has 0 saturated carbocycles. The number of likely N-dealkylation sites (tertiary alicyclic amines) is 1. The first-order valence-electron chi connectivity index (χ1n) is 6.66. The Balaban J connectivity index is 2.19. The van der Waals surface area contributed by atoms with Crippen LogP contribution in [0.4, 0.5) is 0 Å². The van der Waals surface area contributed by atoms with E-state index in [-0.39, 0.29) is 5.91 Å². The van der Waals surface area contributed by atoms with Crippen LogP contribution in [0.2, 0.25) is 0 Å². The maximum Gasteiger partial charge on any atom is 0.219 e. The second-order valence-corrected chi connectivity index (χ2v) is 4.87. The first-order valence-corrected chi connectivity index (χ1v) is 6.66. The van der Waals surface area contributed by atoms with E-state index in [0.29, 0.717) is 6.04 Å². The number of carbonyl (C=O) groups excluding carboxylic acids is 1. The van der Waals surface area contributed by atoms with Gasteiger partial charge in [-0.1, -0.05) is 26.7 Å². The minimum atomic E-state index is 0.221. The van der Waals surface area contributed by atoms with Crippen molar-refractivity contribution in [3.63, 3.8) is 0 Å². The molecule has 94 valence electrons. The molecule has 1 aliphatic rings. The third kappa shape index (κ3) is 4.12. The van der Waals surface area contributed by atoms with Crippen molar-refractivity contribution in [2.24, 2.45) is 5.92 Å². The van der Waals surface area contributed by atoms with E-state index in [2.05, 4.69) is 19.2 Å². The quantitative estimate of drug-likeness (QED) is 0.778. The fraction of sp³-hybridized carbons (Fsp3) is 0.923. The molecule has 1 amide bonds. The van der Waals surface area contributed by atoms with Gasteiger partial charge in [-0.2, -0.15) is 0 Å². The van der Waals surface area contributed by atoms with Crippen LogP contribution >= 0.6 is 0 Å². The molecule has 0 unspecified atom stereocenters. The number of hydrogen-bond donors (Lipinski definition) is 1. The molecule has 0 atom stereocenters. The zero-order valence-corrected chi connectivity index (χ0v) is 11.0. The summed E-state index contributed by atoms with van der Waals surface area (Å²) in [4.78, 5) is 13.1. The van der Waals surface area contributed by atoms with Crippen molar-refractivity contribution in [1.82, 2.24) is 10.2 Å². The maximum atomic E-state index is 11.2. The zero-order valence-electron chi connectivity index (χ0n) is 11.0. The summed E-state index contributed by atoms with van der Waals surface area (Å²) in [5.41, 5.74) is 0. The Morgan fingerprint density at radius 1 is 1.31 bits per heavy atom. The van der Waals surface area contributed by atoms with Crippen molar-refractivity contribution in [1.29, 1.82) is 0 Å². The van der Waals surface area contributed by atoms with Crippen LogP contribution in [0.15, 0.2) is 0 Å². The summed E-state index contributed by atoms with van der Waals surface area (Å²) in [6, 6.07) is 0.621. The van der Waals surface area contributed by atoms with Gasteiger partial charge in [-0.3, -0.25) is 4.79 Å². The lowest BCUT2D eigenvalue weighted by Crippen LogP contribution is -2.45. The lowest BCUT2D eigenvalue weighted by Gasteiger charge is -2.32. The van der Waals surface area contributed by atoms with Crippen molar-refractivity contribution in [3.05, 3.63) is 0 Å². The van der Waals surface area contributed by atoms with E-state index in [1.807, 2.05) is 4.90 Å². The van der Waals surface area contributed by atoms with E-state index in [1.165, 1.54) is 12.8 Å². The Bertz CT molecular complexity index is 206. The van der Waals surface area contributed by atoms with Crippen LogP contribution in [-0.4, -0.2) is 36.5 Å². The van der Waals surface area contributed by atoms with Gasteiger partial charge in [-0.25, -0.2) is 0 Å². The number of hydrogen-bond acceptors (Lipinski definition) is 2. The summed E-state index contributed by atoms with van der Waals surface area (Å²) in [6.45, 7) is 9.17. The molecule has 0 bridgehead atoms. The van der Waals surface area contributed by atoms with E-state index >= 15 is 0 Å². The molecule has 0 radical (unpaired) electrons. The summed E-state index contributed by atoms with van der Waals surface area (Å²) in [7, 11) is 0. The van der Waals surface area contributed by atoms with E-state index in [1.54, 1.807) is 6.92 Å². The standard InChI is InChI=1S/C13H26N2O/c1-4-12(5-2)10-14-13-6-8-15(9-7-13)11(3)16/h12-14H,4-10H2,1-3H3. The molecule has 1 rings (SSSR count). The van der Waals surface area contributed by atoms with Gasteiger partial charge in [0.1, 0.15) is 0 Å². The second kappa shape index (κ2) is 6.89. The molecular weight excluding hydrogens is 200 g/mol. The third-order valence-corrected chi connectivity index (χ3v) is 3.79. The average molecular weight is 226 g/mol. The van der Waals surface area contributed by atoms with E-state index in [9.17, 15) is 4.79 Å². The number of nitrogens with zero attached hydrogens (tertiary/aromatic N) is 1. The second-order valence-electron chi connectivity index (χ2n) is 4.87. The minimum Gasteiger partial charge on any atom is -0.343 e. The summed E-state index contributed by atoms with van der Waals surface area (Å²) >= 11 is 0. The maximum absolute atomic E-state index is 11.2. The largest absolute Gasteiger partial charge is 0.343 e.